The minimum absolute atomic E-state index is 0.0947. The first-order valence-electron chi connectivity index (χ1n) is 8.08. The molecule has 0 saturated heterocycles. The van der Waals surface area contributed by atoms with Crippen molar-refractivity contribution in [3.63, 3.8) is 0 Å². The van der Waals surface area contributed by atoms with Gasteiger partial charge in [0, 0.05) is 17.2 Å². The van der Waals surface area contributed by atoms with Gasteiger partial charge in [0.1, 0.15) is 11.5 Å². The molecule has 0 aliphatic carbocycles. The van der Waals surface area contributed by atoms with Crippen molar-refractivity contribution < 1.29 is 42.0 Å². The van der Waals surface area contributed by atoms with Crippen molar-refractivity contribution in [2.24, 2.45) is 0 Å². The number of carbonyl (C=O) groups is 1. The number of alkyl halides is 3. The number of benzene rings is 2. The highest BCUT2D eigenvalue weighted by molar-refractivity contribution is 5.95. The van der Waals surface area contributed by atoms with E-state index in [0.717, 1.165) is 6.08 Å². The topological polar surface area (TPSA) is 74.2 Å². The van der Waals surface area contributed by atoms with Crippen molar-refractivity contribution in [3.8, 4) is 34.1 Å². The van der Waals surface area contributed by atoms with Crippen LogP contribution in [0.4, 0.5) is 13.2 Å². The number of carboxylic acids is 1. The van der Waals surface area contributed by atoms with Crippen LogP contribution in [0.3, 0.4) is 0 Å². The van der Waals surface area contributed by atoms with Gasteiger partial charge in [-0.05, 0) is 29.8 Å². The van der Waals surface area contributed by atoms with Crippen molar-refractivity contribution in [2.75, 3.05) is 13.9 Å². The van der Waals surface area contributed by atoms with Crippen LogP contribution in [0.15, 0.2) is 35.9 Å². The summed E-state index contributed by atoms with van der Waals surface area (Å²) in [6, 6.07) is 7.97. The molecule has 4 rings (SSSR count). The molecule has 0 aromatic heterocycles. The first-order chi connectivity index (χ1) is 13.3. The van der Waals surface area contributed by atoms with Crippen molar-refractivity contribution in [2.45, 2.75) is 12.3 Å². The zero-order chi connectivity index (χ0) is 20.1. The standard InChI is InChI=1S/C19H13F3O6/c1-25-15-7-14-10(5-12(18(23)24)17(28-14)19(20,21)22)4-11(15)9-2-3-13-16(6-9)27-8-26-13/h2-7,17H,8H2,1H3,(H,23,24). The van der Waals surface area contributed by atoms with Gasteiger partial charge in [-0.15, -0.1) is 0 Å². The minimum Gasteiger partial charge on any atom is -0.496 e. The number of methoxy groups -OCH3 is 1. The third kappa shape index (κ3) is 2.98. The first-order valence-corrected chi connectivity index (χ1v) is 8.08. The summed E-state index contributed by atoms with van der Waals surface area (Å²) in [5.74, 6) is -0.453. The van der Waals surface area contributed by atoms with E-state index in [1.807, 2.05) is 0 Å². The second-order valence-electron chi connectivity index (χ2n) is 6.10. The number of aliphatic carboxylic acids is 1. The Morgan fingerprint density at radius 3 is 2.57 bits per heavy atom. The van der Waals surface area contributed by atoms with Crippen LogP contribution in [0.5, 0.6) is 23.0 Å². The molecule has 2 heterocycles. The SMILES string of the molecule is COc1cc2c(cc1-c1ccc3c(c1)OCO3)C=C(C(=O)O)C(C(F)(F)F)O2. The quantitative estimate of drug-likeness (QED) is 0.852. The fourth-order valence-corrected chi connectivity index (χ4v) is 3.10. The molecule has 146 valence electrons. The maximum absolute atomic E-state index is 13.2. The normalized spacial score (nSPS) is 17.4. The molecule has 2 aromatic carbocycles. The zero-order valence-electron chi connectivity index (χ0n) is 14.4. The van der Waals surface area contributed by atoms with Crippen molar-refractivity contribution >= 4 is 12.0 Å². The van der Waals surface area contributed by atoms with Crippen LogP contribution in [0.1, 0.15) is 5.56 Å². The Morgan fingerprint density at radius 2 is 1.89 bits per heavy atom. The summed E-state index contributed by atoms with van der Waals surface area (Å²) in [6.07, 6.45) is -6.46. The molecule has 9 heteroatoms. The summed E-state index contributed by atoms with van der Waals surface area (Å²) in [6.45, 7) is 0.0947. The molecule has 0 saturated carbocycles. The van der Waals surface area contributed by atoms with E-state index < -0.39 is 23.8 Å². The molecule has 2 aliphatic rings. The van der Waals surface area contributed by atoms with Gasteiger partial charge in [-0.25, -0.2) is 4.79 Å². The molecule has 2 aliphatic heterocycles. The van der Waals surface area contributed by atoms with E-state index in [2.05, 4.69) is 0 Å². The summed E-state index contributed by atoms with van der Waals surface area (Å²) in [5.41, 5.74) is 0.509. The third-order valence-corrected chi connectivity index (χ3v) is 4.40. The maximum atomic E-state index is 13.2. The molecule has 2 aromatic rings. The third-order valence-electron chi connectivity index (χ3n) is 4.40. The predicted octanol–water partition coefficient (Wildman–Crippen LogP) is 3.88. The van der Waals surface area contributed by atoms with Gasteiger partial charge in [0.05, 0.1) is 12.7 Å². The van der Waals surface area contributed by atoms with Crippen LogP contribution in [0.25, 0.3) is 17.2 Å². The molecule has 1 atom stereocenters. The van der Waals surface area contributed by atoms with E-state index >= 15 is 0 Å². The lowest BCUT2D eigenvalue weighted by Gasteiger charge is -2.27. The largest absolute Gasteiger partial charge is 0.496 e. The second-order valence-corrected chi connectivity index (χ2v) is 6.10. The lowest BCUT2D eigenvalue weighted by Crippen LogP contribution is -2.40. The number of rotatable bonds is 3. The van der Waals surface area contributed by atoms with E-state index in [0.29, 0.717) is 22.6 Å². The lowest BCUT2D eigenvalue weighted by atomic mass is 9.96. The van der Waals surface area contributed by atoms with Gasteiger partial charge >= 0.3 is 12.1 Å². The molecular formula is C19H13F3O6. The molecule has 0 radical (unpaired) electrons. The molecule has 0 spiro atoms. The van der Waals surface area contributed by atoms with Crippen LogP contribution in [0.2, 0.25) is 0 Å². The van der Waals surface area contributed by atoms with E-state index in [9.17, 15) is 23.1 Å². The van der Waals surface area contributed by atoms with Gasteiger partial charge < -0.3 is 24.1 Å². The Morgan fingerprint density at radius 1 is 1.14 bits per heavy atom. The molecule has 0 amide bonds. The highest BCUT2D eigenvalue weighted by atomic mass is 19.4. The summed E-state index contributed by atoms with van der Waals surface area (Å²) < 4.78 is 60.5. The lowest BCUT2D eigenvalue weighted by molar-refractivity contribution is -0.187. The van der Waals surface area contributed by atoms with Crippen LogP contribution in [-0.2, 0) is 4.79 Å². The fraction of sp³-hybridized carbons (Fsp3) is 0.211. The summed E-state index contributed by atoms with van der Waals surface area (Å²) >= 11 is 0. The number of hydrogen-bond acceptors (Lipinski definition) is 5. The van der Waals surface area contributed by atoms with Gasteiger partial charge in [0.2, 0.25) is 12.9 Å². The van der Waals surface area contributed by atoms with Gasteiger partial charge in [0.15, 0.2) is 11.5 Å². The van der Waals surface area contributed by atoms with Crippen molar-refractivity contribution in [3.05, 3.63) is 41.5 Å². The molecule has 0 fully saturated rings. The average molecular weight is 394 g/mol. The molecular weight excluding hydrogens is 381 g/mol. The predicted molar refractivity (Wildman–Crippen MR) is 90.6 cm³/mol. The second kappa shape index (κ2) is 6.36. The van der Waals surface area contributed by atoms with E-state index in [1.165, 1.54) is 19.2 Å². The molecule has 28 heavy (non-hydrogen) atoms. The van der Waals surface area contributed by atoms with Crippen molar-refractivity contribution in [1.82, 2.24) is 0 Å². The molecule has 6 nitrogen and oxygen atoms in total. The fourth-order valence-electron chi connectivity index (χ4n) is 3.10. The van der Waals surface area contributed by atoms with Crippen molar-refractivity contribution in [1.29, 1.82) is 0 Å². The Labute approximate surface area is 156 Å². The zero-order valence-corrected chi connectivity index (χ0v) is 14.4. The molecule has 0 bridgehead atoms. The Bertz CT molecular complexity index is 996. The van der Waals surface area contributed by atoms with Crippen LogP contribution < -0.4 is 18.9 Å². The monoisotopic (exact) mass is 394 g/mol. The van der Waals surface area contributed by atoms with E-state index in [4.69, 9.17) is 18.9 Å². The number of hydrogen-bond donors (Lipinski definition) is 1. The summed E-state index contributed by atoms with van der Waals surface area (Å²) in [5, 5.41) is 9.19. The Balaban J connectivity index is 1.84. The minimum atomic E-state index is -4.87. The Kier molecular flexibility index (Phi) is 4.10. The van der Waals surface area contributed by atoms with Crippen LogP contribution in [0, 0.1) is 0 Å². The highest BCUT2D eigenvalue weighted by Gasteiger charge is 2.48. The average Bonchev–Trinajstić information content (AvgIpc) is 3.12. The first kappa shape index (κ1) is 18.0. The maximum Gasteiger partial charge on any atom is 0.430 e. The van der Waals surface area contributed by atoms with Gasteiger partial charge in [-0.3, -0.25) is 0 Å². The summed E-state index contributed by atoms with van der Waals surface area (Å²) in [7, 11) is 1.38. The van der Waals surface area contributed by atoms with E-state index in [1.54, 1.807) is 18.2 Å². The molecule has 1 unspecified atom stereocenters. The number of halogens is 3. The molecule has 1 N–H and O–H groups in total. The number of carboxylic acid groups (broad SMARTS) is 1. The van der Waals surface area contributed by atoms with E-state index in [-0.39, 0.29) is 23.9 Å². The highest BCUT2D eigenvalue weighted by Crippen LogP contribution is 2.44. The van der Waals surface area contributed by atoms with Gasteiger partial charge in [-0.2, -0.15) is 13.2 Å². The van der Waals surface area contributed by atoms with Crippen LogP contribution in [-0.4, -0.2) is 37.3 Å². The van der Waals surface area contributed by atoms with Crippen LogP contribution >= 0.6 is 0 Å². The number of ether oxygens (including phenoxy) is 4. The van der Waals surface area contributed by atoms with Gasteiger partial charge in [0.25, 0.3) is 0 Å². The summed E-state index contributed by atoms with van der Waals surface area (Å²) in [4.78, 5) is 11.3. The Hall–Kier alpha value is -3.36. The smallest absolute Gasteiger partial charge is 0.430 e. The van der Waals surface area contributed by atoms with Gasteiger partial charge in [-0.1, -0.05) is 6.07 Å². The number of fused-ring (bicyclic) bond motifs is 2.